The number of phenols is 1. The Bertz CT molecular complexity index is 1920. The maximum Gasteiger partial charge on any atom is 0.217 e. The quantitative estimate of drug-likeness (QED) is 0.166. The number of hydrogen-bond donors (Lipinski definition) is 1. The zero-order valence-electron chi connectivity index (χ0n) is 24.9. The topological polar surface area (TPSA) is 60.2 Å². The van der Waals surface area contributed by atoms with Crippen LogP contribution in [0, 0.1) is 6.07 Å². The molecule has 0 aliphatic rings. The van der Waals surface area contributed by atoms with Gasteiger partial charge < -0.3 is 14.4 Å². The normalized spacial score (nSPS) is 11.6. The van der Waals surface area contributed by atoms with Gasteiger partial charge >= 0.3 is 0 Å². The summed E-state index contributed by atoms with van der Waals surface area (Å²) >= 11 is 0. The van der Waals surface area contributed by atoms with Crippen molar-refractivity contribution in [2.45, 2.75) is 66.2 Å². The third-order valence-electron chi connectivity index (χ3n) is 7.94. The third-order valence-corrected chi connectivity index (χ3v) is 7.94. The molecule has 0 amide bonds. The Balaban J connectivity index is 0.00000353. The van der Waals surface area contributed by atoms with E-state index < -0.39 is 0 Å². The fourth-order valence-corrected chi connectivity index (χ4v) is 5.89. The Kier molecular flexibility index (Phi) is 8.44. The zero-order valence-corrected chi connectivity index (χ0v) is 27.2. The summed E-state index contributed by atoms with van der Waals surface area (Å²) in [6, 6.07) is 26.0. The minimum absolute atomic E-state index is 0. The molecule has 3 aromatic carbocycles. The monoisotopic (exact) mass is 737 g/mol. The van der Waals surface area contributed by atoms with Crippen LogP contribution >= 0.6 is 0 Å². The molecule has 3 aromatic heterocycles. The van der Waals surface area contributed by atoms with Crippen molar-refractivity contribution in [3.05, 3.63) is 95.2 Å². The fraction of sp³-hybridized carbons (Fsp3) is 0.278. The predicted octanol–water partition coefficient (Wildman–Crippen LogP) is 9.39. The minimum Gasteiger partial charge on any atom is -0.506 e. The third kappa shape index (κ3) is 5.09. The van der Waals surface area contributed by atoms with Crippen LogP contribution in [0.1, 0.15) is 75.8 Å². The second kappa shape index (κ2) is 11.9. The summed E-state index contributed by atoms with van der Waals surface area (Å²) in [4.78, 5) is 9.76. The number of benzene rings is 3. The fourth-order valence-electron chi connectivity index (χ4n) is 5.89. The summed E-state index contributed by atoms with van der Waals surface area (Å²) in [7, 11) is 0. The van der Waals surface area contributed by atoms with Crippen LogP contribution in [0.25, 0.3) is 38.5 Å². The molecule has 5 nitrogen and oxygen atoms in total. The van der Waals surface area contributed by atoms with E-state index in [9.17, 15) is 5.11 Å². The molecule has 0 bridgehead atoms. The molecule has 6 rings (SSSR count). The standard InChI is InChI=1S/C36H36N3O2.Pt/c1-7-23-18-25(41-33-20-29(22(5)6)27-14-11-16-31(40)35(27)38-33)19-30-34(23)28-15-10-13-26(21(3)4)36(28)39(30)32-17-9-12-24(8-2)37-32;/h9-18,20-22,40H,7-8H2,1-6H3;/q-1;. The van der Waals surface area contributed by atoms with Crippen LogP contribution in [-0.4, -0.2) is 19.6 Å². The van der Waals surface area contributed by atoms with Crippen molar-refractivity contribution in [1.29, 1.82) is 0 Å². The van der Waals surface area contributed by atoms with E-state index in [1.807, 2.05) is 18.2 Å². The first kappa shape index (κ1) is 29.8. The molecule has 0 atom stereocenters. The van der Waals surface area contributed by atoms with Crippen LogP contribution in [0.5, 0.6) is 17.4 Å². The second-order valence-electron chi connectivity index (χ2n) is 11.3. The molecule has 0 fully saturated rings. The Hall–Kier alpha value is -3.69. The summed E-state index contributed by atoms with van der Waals surface area (Å²) in [5.41, 5.74) is 7.22. The number of ether oxygens (including phenoxy) is 1. The van der Waals surface area contributed by atoms with Crippen LogP contribution in [-0.2, 0) is 33.9 Å². The summed E-state index contributed by atoms with van der Waals surface area (Å²) in [6.07, 6.45) is 1.69. The summed E-state index contributed by atoms with van der Waals surface area (Å²) < 4.78 is 8.74. The Morgan fingerprint density at radius 3 is 2.26 bits per heavy atom. The predicted molar refractivity (Wildman–Crippen MR) is 168 cm³/mol. The van der Waals surface area contributed by atoms with Gasteiger partial charge in [0.2, 0.25) is 5.88 Å². The van der Waals surface area contributed by atoms with Gasteiger partial charge in [-0.3, -0.25) is 0 Å². The van der Waals surface area contributed by atoms with Gasteiger partial charge in [0.25, 0.3) is 0 Å². The van der Waals surface area contributed by atoms with Gasteiger partial charge in [-0.2, -0.15) is 0 Å². The molecule has 0 saturated carbocycles. The zero-order chi connectivity index (χ0) is 28.8. The smallest absolute Gasteiger partial charge is 0.217 e. The number of hydrogen-bond acceptors (Lipinski definition) is 4. The second-order valence-corrected chi connectivity index (χ2v) is 11.3. The number of aryl methyl sites for hydroxylation is 2. The van der Waals surface area contributed by atoms with Crippen molar-refractivity contribution >= 4 is 32.7 Å². The Morgan fingerprint density at radius 2 is 1.55 bits per heavy atom. The van der Waals surface area contributed by atoms with Crippen LogP contribution in [0.3, 0.4) is 0 Å². The van der Waals surface area contributed by atoms with E-state index in [-0.39, 0.29) is 32.7 Å². The van der Waals surface area contributed by atoms with E-state index in [0.717, 1.165) is 46.3 Å². The summed E-state index contributed by atoms with van der Waals surface area (Å²) in [6.45, 7) is 13.0. The van der Waals surface area contributed by atoms with Crippen LogP contribution in [0.4, 0.5) is 0 Å². The first-order valence-corrected chi connectivity index (χ1v) is 14.6. The summed E-state index contributed by atoms with van der Waals surface area (Å²) in [5.74, 6) is 2.62. The molecule has 0 aliphatic heterocycles. The molecule has 3 heterocycles. The van der Waals surface area contributed by atoms with E-state index in [2.05, 4.69) is 94.6 Å². The number of phenolic OH excluding ortho intramolecular Hbond substituents is 1. The molecule has 6 aromatic rings. The minimum atomic E-state index is 0. The molecule has 6 heteroatoms. The number of nitrogens with zero attached hydrogens (tertiary/aromatic N) is 3. The molecule has 0 radical (unpaired) electrons. The van der Waals surface area contributed by atoms with E-state index in [4.69, 9.17) is 14.7 Å². The van der Waals surface area contributed by atoms with E-state index in [0.29, 0.717) is 23.1 Å². The van der Waals surface area contributed by atoms with E-state index >= 15 is 0 Å². The van der Waals surface area contributed by atoms with Gasteiger partial charge in [0.05, 0.1) is 0 Å². The number of aromatic hydroxyl groups is 1. The molecule has 218 valence electrons. The molecular formula is C36H36N3O2Pt-. The van der Waals surface area contributed by atoms with Gasteiger partial charge in [-0.15, -0.1) is 17.7 Å². The van der Waals surface area contributed by atoms with Crippen LogP contribution < -0.4 is 4.74 Å². The Labute approximate surface area is 261 Å². The maximum absolute atomic E-state index is 10.6. The van der Waals surface area contributed by atoms with Crippen LogP contribution in [0.15, 0.2) is 66.7 Å². The van der Waals surface area contributed by atoms with Gasteiger partial charge in [-0.25, -0.2) is 9.97 Å². The number of aromatic nitrogens is 3. The van der Waals surface area contributed by atoms with Crippen molar-refractivity contribution in [1.82, 2.24) is 14.5 Å². The van der Waals surface area contributed by atoms with Gasteiger partial charge in [0, 0.05) is 49.5 Å². The number of pyridine rings is 2. The SMILES string of the molecule is CCc1cccc(-n2c3[c-]c(Oc4cc(C(C)C)c5cccc(O)c5n4)cc(CC)c3c3cccc(C(C)C)c32)n1.[Pt]. The average molecular weight is 738 g/mol. The number of fused-ring (bicyclic) bond motifs is 4. The number of para-hydroxylation sites is 2. The molecule has 0 saturated heterocycles. The van der Waals surface area contributed by atoms with Gasteiger partial charge in [0.1, 0.15) is 17.1 Å². The molecule has 42 heavy (non-hydrogen) atoms. The molecule has 0 spiro atoms. The van der Waals surface area contributed by atoms with E-state index in [1.165, 1.54) is 21.9 Å². The molecule has 0 unspecified atom stereocenters. The Morgan fingerprint density at radius 1 is 0.833 bits per heavy atom. The molecule has 1 N–H and O–H groups in total. The van der Waals surface area contributed by atoms with Crippen molar-refractivity contribution in [3.63, 3.8) is 0 Å². The van der Waals surface area contributed by atoms with Crippen molar-refractivity contribution < 1.29 is 30.9 Å². The van der Waals surface area contributed by atoms with Crippen molar-refractivity contribution in [3.8, 4) is 23.2 Å². The maximum atomic E-state index is 10.6. The number of rotatable bonds is 7. The first-order chi connectivity index (χ1) is 19.8. The summed E-state index contributed by atoms with van der Waals surface area (Å²) in [5, 5.41) is 13.9. The molecular weight excluding hydrogens is 701 g/mol. The van der Waals surface area contributed by atoms with Gasteiger partial charge in [0.15, 0.2) is 0 Å². The van der Waals surface area contributed by atoms with Gasteiger partial charge in [-0.05, 0) is 53.0 Å². The average Bonchev–Trinajstić information content (AvgIpc) is 3.31. The van der Waals surface area contributed by atoms with Crippen molar-refractivity contribution in [2.24, 2.45) is 0 Å². The van der Waals surface area contributed by atoms with Crippen LogP contribution in [0.2, 0.25) is 0 Å². The van der Waals surface area contributed by atoms with Gasteiger partial charge in [-0.1, -0.05) is 95.3 Å². The largest absolute Gasteiger partial charge is 0.506 e. The molecule has 0 aliphatic carbocycles. The first-order valence-electron chi connectivity index (χ1n) is 14.6. The van der Waals surface area contributed by atoms with E-state index in [1.54, 1.807) is 6.07 Å². The van der Waals surface area contributed by atoms with Crippen molar-refractivity contribution in [2.75, 3.05) is 0 Å².